The Morgan fingerprint density at radius 2 is 1.97 bits per heavy atom. The molecule has 10 heteroatoms. The van der Waals surface area contributed by atoms with Crippen LogP contribution in [0.1, 0.15) is 39.1 Å². The average Bonchev–Trinajstić information content (AvgIpc) is 2.94. The fourth-order valence-electron chi connectivity index (χ4n) is 4.15. The minimum absolute atomic E-state index is 0.0672. The van der Waals surface area contributed by atoms with Crippen molar-refractivity contribution in [3.05, 3.63) is 34.9 Å². The number of fused-ring (bicyclic) bond motifs is 1. The van der Waals surface area contributed by atoms with E-state index in [1.807, 2.05) is 4.90 Å². The van der Waals surface area contributed by atoms with Crippen molar-refractivity contribution in [1.82, 2.24) is 20.4 Å². The molecular formula is C19H21N5O5. The quantitative estimate of drug-likeness (QED) is 0.515. The van der Waals surface area contributed by atoms with E-state index in [0.29, 0.717) is 25.2 Å². The van der Waals surface area contributed by atoms with Crippen LogP contribution in [0.25, 0.3) is 0 Å². The number of nitrogens with two attached hydrogens (primary N) is 1. The van der Waals surface area contributed by atoms with E-state index in [0.717, 1.165) is 4.90 Å². The first-order valence-electron chi connectivity index (χ1n) is 9.46. The third-order valence-electron chi connectivity index (χ3n) is 5.61. The molecule has 1 aromatic carbocycles. The summed E-state index contributed by atoms with van der Waals surface area (Å²) in [6, 6.07) is 3.43. The van der Waals surface area contributed by atoms with Crippen molar-refractivity contribution < 1.29 is 24.0 Å². The number of imide groups is 2. The largest absolute Gasteiger partial charge is 0.368 e. The van der Waals surface area contributed by atoms with Crippen LogP contribution in [0.3, 0.4) is 0 Å². The van der Waals surface area contributed by atoms with E-state index >= 15 is 0 Å². The molecule has 0 spiro atoms. The van der Waals surface area contributed by atoms with E-state index < -0.39 is 41.6 Å². The van der Waals surface area contributed by atoms with Crippen LogP contribution < -0.4 is 16.4 Å². The second-order valence-electron chi connectivity index (χ2n) is 7.38. The number of piperazine rings is 1. The summed E-state index contributed by atoms with van der Waals surface area (Å²) >= 11 is 0. The number of benzene rings is 1. The van der Waals surface area contributed by atoms with Crippen molar-refractivity contribution in [2.75, 3.05) is 19.6 Å². The van der Waals surface area contributed by atoms with Gasteiger partial charge in [-0.3, -0.25) is 39.1 Å². The van der Waals surface area contributed by atoms with Crippen molar-refractivity contribution in [3.63, 3.8) is 0 Å². The Hall–Kier alpha value is -3.11. The molecule has 0 aliphatic carbocycles. The van der Waals surface area contributed by atoms with Crippen LogP contribution in [-0.2, 0) is 20.9 Å². The second kappa shape index (κ2) is 7.37. The predicted octanol–water partition coefficient (Wildman–Crippen LogP) is -1.65. The molecule has 29 heavy (non-hydrogen) atoms. The number of nitrogens with one attached hydrogen (secondary N) is 2. The van der Waals surface area contributed by atoms with Gasteiger partial charge in [-0.25, -0.2) is 0 Å². The zero-order chi connectivity index (χ0) is 20.7. The maximum absolute atomic E-state index is 13.1. The highest BCUT2D eigenvalue weighted by atomic mass is 16.2. The lowest BCUT2D eigenvalue weighted by molar-refractivity contribution is -0.136. The molecule has 4 rings (SSSR count). The number of carbonyl (C=O) groups excluding carboxylic acids is 5. The van der Waals surface area contributed by atoms with Crippen LogP contribution in [0.4, 0.5) is 0 Å². The number of carbonyl (C=O) groups is 5. The van der Waals surface area contributed by atoms with Crippen LogP contribution in [0.2, 0.25) is 0 Å². The van der Waals surface area contributed by atoms with Gasteiger partial charge in [0, 0.05) is 32.6 Å². The molecule has 2 unspecified atom stereocenters. The SMILES string of the molecule is NC(=O)C1CNCCN1Cc1cccc2c1C(=O)N(C1CCC(=O)NC1=O)C2=O. The third kappa shape index (κ3) is 3.30. The zero-order valence-electron chi connectivity index (χ0n) is 15.6. The Bertz CT molecular complexity index is 930. The summed E-state index contributed by atoms with van der Waals surface area (Å²) in [6.07, 6.45) is 0.171. The first kappa shape index (κ1) is 19.2. The highest BCUT2D eigenvalue weighted by molar-refractivity contribution is 6.24. The van der Waals surface area contributed by atoms with Gasteiger partial charge in [-0.15, -0.1) is 0 Å². The summed E-state index contributed by atoms with van der Waals surface area (Å²) in [7, 11) is 0. The minimum atomic E-state index is -1.01. The molecule has 3 aliphatic rings. The smallest absolute Gasteiger partial charge is 0.262 e. The number of primary amides is 1. The molecule has 3 heterocycles. The van der Waals surface area contributed by atoms with Gasteiger partial charge in [-0.2, -0.15) is 0 Å². The molecule has 2 atom stereocenters. The average molecular weight is 399 g/mol. The maximum Gasteiger partial charge on any atom is 0.262 e. The molecular weight excluding hydrogens is 378 g/mol. The lowest BCUT2D eigenvalue weighted by atomic mass is 10.0. The lowest BCUT2D eigenvalue weighted by Gasteiger charge is -2.34. The molecule has 10 nitrogen and oxygen atoms in total. The van der Waals surface area contributed by atoms with E-state index in [2.05, 4.69) is 10.6 Å². The molecule has 0 aromatic heterocycles. The van der Waals surface area contributed by atoms with Crippen LogP contribution in [0, 0.1) is 0 Å². The fraction of sp³-hybridized carbons (Fsp3) is 0.421. The predicted molar refractivity (Wildman–Crippen MR) is 99.4 cm³/mol. The highest BCUT2D eigenvalue weighted by Crippen LogP contribution is 2.30. The fourth-order valence-corrected chi connectivity index (χ4v) is 4.15. The van der Waals surface area contributed by atoms with Crippen molar-refractivity contribution in [1.29, 1.82) is 0 Å². The van der Waals surface area contributed by atoms with Gasteiger partial charge in [-0.05, 0) is 18.1 Å². The number of amides is 5. The molecule has 0 saturated carbocycles. The van der Waals surface area contributed by atoms with Gasteiger partial charge in [0.05, 0.1) is 11.1 Å². The third-order valence-corrected chi connectivity index (χ3v) is 5.61. The number of rotatable bonds is 4. The van der Waals surface area contributed by atoms with Gasteiger partial charge >= 0.3 is 0 Å². The summed E-state index contributed by atoms with van der Waals surface area (Å²) < 4.78 is 0. The Morgan fingerprint density at radius 3 is 2.69 bits per heavy atom. The Kier molecular flexibility index (Phi) is 4.89. The van der Waals surface area contributed by atoms with Gasteiger partial charge in [0.15, 0.2) is 0 Å². The molecule has 2 saturated heterocycles. The first-order valence-corrected chi connectivity index (χ1v) is 9.46. The molecule has 4 N–H and O–H groups in total. The van der Waals surface area contributed by atoms with Gasteiger partial charge in [-0.1, -0.05) is 12.1 Å². The van der Waals surface area contributed by atoms with Crippen LogP contribution in [-0.4, -0.2) is 71.1 Å². The molecule has 3 aliphatic heterocycles. The summed E-state index contributed by atoms with van der Waals surface area (Å²) in [5.41, 5.74) is 6.56. The van der Waals surface area contributed by atoms with E-state index in [4.69, 9.17) is 5.73 Å². The molecule has 152 valence electrons. The number of hydrogen-bond acceptors (Lipinski definition) is 7. The van der Waals surface area contributed by atoms with Crippen LogP contribution in [0.5, 0.6) is 0 Å². The van der Waals surface area contributed by atoms with Gasteiger partial charge < -0.3 is 11.1 Å². The highest BCUT2D eigenvalue weighted by Gasteiger charge is 2.45. The summed E-state index contributed by atoms with van der Waals surface area (Å²) in [5, 5.41) is 5.30. The topological polar surface area (TPSA) is 142 Å². The lowest BCUT2D eigenvalue weighted by Crippen LogP contribution is -2.56. The van der Waals surface area contributed by atoms with Gasteiger partial charge in [0.1, 0.15) is 12.1 Å². The minimum Gasteiger partial charge on any atom is -0.368 e. The van der Waals surface area contributed by atoms with Gasteiger partial charge in [0.25, 0.3) is 11.8 Å². The van der Waals surface area contributed by atoms with Crippen LogP contribution >= 0.6 is 0 Å². The number of piperidine rings is 1. The van der Waals surface area contributed by atoms with E-state index in [-0.39, 0.29) is 30.5 Å². The Balaban J connectivity index is 1.63. The van der Waals surface area contributed by atoms with Crippen molar-refractivity contribution in [3.8, 4) is 0 Å². The molecule has 2 fully saturated rings. The standard InChI is InChI=1S/C19H21N5O5/c20-16(26)13-8-21-6-7-23(13)9-10-2-1-3-11-15(10)19(29)24(18(11)28)12-4-5-14(25)22-17(12)27/h1-3,12-13,21H,4-9H2,(H2,20,26)(H,22,25,27). The first-order chi connectivity index (χ1) is 13.9. The second-order valence-corrected chi connectivity index (χ2v) is 7.38. The van der Waals surface area contributed by atoms with Crippen molar-refractivity contribution in [2.45, 2.75) is 31.5 Å². The maximum atomic E-state index is 13.1. The monoisotopic (exact) mass is 399 g/mol. The molecule has 1 aromatic rings. The Morgan fingerprint density at radius 1 is 1.17 bits per heavy atom. The Labute approximate surface area is 166 Å². The zero-order valence-corrected chi connectivity index (χ0v) is 15.6. The molecule has 5 amide bonds. The summed E-state index contributed by atoms with van der Waals surface area (Å²) in [6.45, 7) is 1.94. The van der Waals surface area contributed by atoms with Crippen LogP contribution in [0.15, 0.2) is 18.2 Å². The normalized spacial score (nSPS) is 25.2. The van der Waals surface area contributed by atoms with E-state index in [9.17, 15) is 24.0 Å². The molecule has 0 radical (unpaired) electrons. The van der Waals surface area contributed by atoms with E-state index in [1.165, 1.54) is 0 Å². The van der Waals surface area contributed by atoms with Gasteiger partial charge in [0.2, 0.25) is 17.7 Å². The summed E-state index contributed by atoms with van der Waals surface area (Å²) in [4.78, 5) is 64.2. The summed E-state index contributed by atoms with van der Waals surface area (Å²) in [5.74, 6) is -2.63. The molecule has 0 bridgehead atoms. The van der Waals surface area contributed by atoms with E-state index in [1.54, 1.807) is 18.2 Å². The van der Waals surface area contributed by atoms with Crippen molar-refractivity contribution >= 4 is 29.5 Å². The number of nitrogens with zero attached hydrogens (tertiary/aromatic N) is 2. The number of hydrogen-bond donors (Lipinski definition) is 3. The van der Waals surface area contributed by atoms with Crippen molar-refractivity contribution in [2.24, 2.45) is 5.73 Å².